The van der Waals surface area contributed by atoms with Crippen LogP contribution in [-0.2, 0) is 0 Å². The maximum atomic E-state index is 6.51. The standard InChI is InChI=1S/C20H14N2.C19H16N2S/c1-2-6-14(7-3-1)22-13-12-17-19(22)11-10-16-15-8-4-5-9-18(15)21-20(16)17;1-21-12-5-4-10-16(21)18(20)15-9-6-8-14-13-7-2-3-11-17(13)22-19(14)15/h1-13,21H;2-12H,20H2,1H3/b;18-16-. The first kappa shape index (κ1) is 26.1. The maximum Gasteiger partial charge on any atom is 0.0643 e. The zero-order valence-electron chi connectivity index (χ0n) is 24.2. The van der Waals surface area contributed by atoms with Gasteiger partial charge < -0.3 is 20.2 Å². The molecule has 9 rings (SSSR count). The Morgan fingerprint density at radius 2 is 1.45 bits per heavy atom. The number of allylic oxidation sites excluding steroid dienone is 3. The van der Waals surface area contributed by atoms with Crippen molar-refractivity contribution in [3.63, 3.8) is 0 Å². The van der Waals surface area contributed by atoms with Gasteiger partial charge in [-0.15, -0.1) is 11.3 Å². The Labute approximate surface area is 259 Å². The second kappa shape index (κ2) is 10.6. The van der Waals surface area contributed by atoms with Gasteiger partial charge in [-0.05, 0) is 48.6 Å². The number of para-hydroxylation sites is 2. The smallest absolute Gasteiger partial charge is 0.0643 e. The number of fused-ring (bicyclic) bond motifs is 8. The van der Waals surface area contributed by atoms with Crippen molar-refractivity contribution in [2.45, 2.75) is 0 Å². The number of hydrogen-bond acceptors (Lipinski definition) is 3. The predicted octanol–water partition coefficient (Wildman–Crippen LogP) is 9.96. The highest BCUT2D eigenvalue weighted by atomic mass is 32.1. The van der Waals surface area contributed by atoms with Crippen LogP contribution in [0.2, 0.25) is 0 Å². The fraction of sp³-hybridized carbons (Fsp3) is 0.0256. The Bertz CT molecular complexity index is 2420. The van der Waals surface area contributed by atoms with E-state index < -0.39 is 0 Å². The van der Waals surface area contributed by atoms with E-state index in [1.54, 1.807) is 0 Å². The minimum atomic E-state index is 0.820. The zero-order valence-corrected chi connectivity index (χ0v) is 25.1. The highest BCUT2D eigenvalue weighted by molar-refractivity contribution is 7.26. The minimum absolute atomic E-state index is 0.820. The van der Waals surface area contributed by atoms with Crippen molar-refractivity contribution in [3.05, 3.63) is 157 Å². The summed E-state index contributed by atoms with van der Waals surface area (Å²) in [6.45, 7) is 0. The zero-order chi connectivity index (χ0) is 29.6. The Kier molecular flexibility index (Phi) is 6.32. The molecule has 5 heteroatoms. The van der Waals surface area contributed by atoms with E-state index in [0.717, 1.165) is 17.0 Å². The number of rotatable bonds is 2. The van der Waals surface area contributed by atoms with Gasteiger partial charge in [-0.2, -0.15) is 0 Å². The topological polar surface area (TPSA) is 50.0 Å². The summed E-state index contributed by atoms with van der Waals surface area (Å²) >= 11 is 1.81. The molecule has 1 aliphatic rings. The molecule has 0 saturated carbocycles. The van der Waals surface area contributed by atoms with Crippen molar-refractivity contribution < 1.29 is 0 Å². The molecule has 0 atom stereocenters. The Hall–Kier alpha value is -5.52. The van der Waals surface area contributed by atoms with Crippen LogP contribution in [0.15, 0.2) is 152 Å². The van der Waals surface area contributed by atoms with E-state index in [0.29, 0.717) is 0 Å². The van der Waals surface area contributed by atoms with Crippen LogP contribution in [0.5, 0.6) is 0 Å². The third-order valence-corrected chi connectivity index (χ3v) is 9.63. The van der Waals surface area contributed by atoms with E-state index in [1.807, 2.05) is 42.8 Å². The van der Waals surface area contributed by atoms with E-state index in [-0.39, 0.29) is 0 Å². The van der Waals surface area contributed by atoms with E-state index >= 15 is 0 Å². The molecule has 44 heavy (non-hydrogen) atoms. The molecule has 0 amide bonds. The number of thiophene rings is 1. The number of nitrogens with one attached hydrogen (secondary N) is 1. The van der Waals surface area contributed by atoms with Crippen LogP contribution in [0, 0.1) is 0 Å². The number of benzene rings is 5. The normalized spacial score (nSPS) is 14.2. The van der Waals surface area contributed by atoms with E-state index in [9.17, 15) is 0 Å². The lowest BCUT2D eigenvalue weighted by molar-refractivity contribution is 0.585. The van der Waals surface area contributed by atoms with E-state index in [4.69, 9.17) is 5.73 Å². The average Bonchev–Trinajstić information content (AvgIpc) is 3.78. The maximum absolute atomic E-state index is 6.51. The molecule has 0 unspecified atom stereocenters. The number of hydrogen-bond donors (Lipinski definition) is 2. The van der Waals surface area contributed by atoms with Gasteiger partial charge in [0.1, 0.15) is 0 Å². The van der Waals surface area contributed by atoms with Gasteiger partial charge in [0.15, 0.2) is 0 Å². The molecule has 1 aliphatic heterocycles. The summed E-state index contributed by atoms with van der Waals surface area (Å²) in [6, 6.07) is 40.5. The minimum Gasteiger partial charge on any atom is -0.397 e. The van der Waals surface area contributed by atoms with Gasteiger partial charge in [-0.3, -0.25) is 0 Å². The molecule has 3 aromatic heterocycles. The molecule has 4 nitrogen and oxygen atoms in total. The number of aromatic amines is 1. The Morgan fingerprint density at radius 3 is 2.32 bits per heavy atom. The average molecular weight is 587 g/mol. The SMILES string of the molecule is CN1C=CC=C/C1=C(/N)c1cccc2c1sc1ccccc12.c1ccc(-n2ccc3c4[nH]c5ccccc5c4ccc32)cc1. The molecule has 0 spiro atoms. The largest absolute Gasteiger partial charge is 0.397 e. The van der Waals surface area contributed by atoms with Gasteiger partial charge in [0.25, 0.3) is 0 Å². The van der Waals surface area contributed by atoms with E-state index in [2.05, 4.69) is 136 Å². The lowest BCUT2D eigenvalue weighted by Gasteiger charge is -2.21. The summed E-state index contributed by atoms with van der Waals surface area (Å²) in [4.78, 5) is 5.63. The van der Waals surface area contributed by atoms with Crippen LogP contribution in [0.3, 0.4) is 0 Å². The number of H-pyrrole nitrogens is 1. The number of aromatic nitrogens is 2. The summed E-state index contributed by atoms with van der Waals surface area (Å²) < 4.78 is 4.79. The Morgan fingerprint density at radius 1 is 0.682 bits per heavy atom. The lowest BCUT2D eigenvalue weighted by atomic mass is 10.1. The fourth-order valence-corrected chi connectivity index (χ4v) is 7.48. The van der Waals surface area contributed by atoms with Crippen LogP contribution >= 0.6 is 11.3 Å². The molecular weight excluding hydrogens is 557 g/mol. The number of nitrogens with two attached hydrogens (primary N) is 1. The van der Waals surface area contributed by atoms with Crippen molar-refractivity contribution in [3.8, 4) is 5.69 Å². The number of nitrogens with zero attached hydrogens (tertiary/aromatic N) is 2. The summed E-state index contributed by atoms with van der Waals surface area (Å²) in [5, 5.41) is 6.41. The van der Waals surface area contributed by atoms with Gasteiger partial charge in [-0.25, -0.2) is 0 Å². The second-order valence-corrected chi connectivity index (χ2v) is 12.1. The van der Waals surface area contributed by atoms with Gasteiger partial charge >= 0.3 is 0 Å². The quantitative estimate of drug-likeness (QED) is 0.212. The number of likely N-dealkylation sites (N-methyl/N-ethyl adjacent to an activating group) is 1. The van der Waals surface area contributed by atoms with Crippen molar-refractivity contribution in [2.75, 3.05) is 7.05 Å². The molecule has 0 saturated heterocycles. The van der Waals surface area contributed by atoms with Crippen LogP contribution in [0.1, 0.15) is 5.56 Å². The van der Waals surface area contributed by atoms with Crippen molar-refractivity contribution in [2.24, 2.45) is 5.73 Å². The second-order valence-electron chi connectivity index (χ2n) is 11.0. The monoisotopic (exact) mass is 586 g/mol. The van der Waals surface area contributed by atoms with Gasteiger partial charge in [-0.1, -0.05) is 84.9 Å². The predicted molar refractivity (Wildman–Crippen MR) is 189 cm³/mol. The van der Waals surface area contributed by atoms with Crippen molar-refractivity contribution in [1.29, 1.82) is 0 Å². The summed E-state index contributed by atoms with van der Waals surface area (Å²) in [6.07, 6.45) is 10.3. The highest BCUT2D eigenvalue weighted by Gasteiger charge is 2.14. The molecule has 0 bridgehead atoms. The van der Waals surface area contributed by atoms with Gasteiger partial charge in [0.2, 0.25) is 0 Å². The van der Waals surface area contributed by atoms with Gasteiger partial charge in [0.05, 0.1) is 22.4 Å². The summed E-state index contributed by atoms with van der Waals surface area (Å²) in [5.74, 6) is 0. The molecule has 0 radical (unpaired) electrons. The molecule has 0 aliphatic carbocycles. The third-order valence-electron chi connectivity index (χ3n) is 8.41. The highest BCUT2D eigenvalue weighted by Crippen LogP contribution is 2.38. The van der Waals surface area contributed by atoms with Crippen LogP contribution < -0.4 is 5.73 Å². The molecule has 4 heterocycles. The van der Waals surface area contributed by atoms with E-state index in [1.165, 1.54) is 58.6 Å². The molecular formula is C39H30N4S. The van der Waals surface area contributed by atoms with Crippen molar-refractivity contribution >= 4 is 69.9 Å². The Balaban J connectivity index is 0.000000131. The van der Waals surface area contributed by atoms with Crippen LogP contribution in [0.25, 0.3) is 64.3 Å². The third kappa shape index (κ3) is 4.29. The molecule has 3 N–H and O–H groups in total. The molecule has 8 aromatic rings. The summed E-state index contributed by atoms with van der Waals surface area (Å²) in [7, 11) is 2.02. The first-order valence-corrected chi connectivity index (χ1v) is 15.5. The first-order valence-electron chi connectivity index (χ1n) is 14.7. The lowest BCUT2D eigenvalue weighted by Crippen LogP contribution is -2.15. The van der Waals surface area contributed by atoms with Crippen LogP contribution in [0.4, 0.5) is 0 Å². The molecule has 0 fully saturated rings. The summed E-state index contributed by atoms with van der Waals surface area (Å²) in [5.41, 5.74) is 14.3. The van der Waals surface area contributed by atoms with Crippen LogP contribution in [-0.4, -0.2) is 21.5 Å². The molecule has 5 aromatic carbocycles. The van der Waals surface area contributed by atoms with Crippen molar-refractivity contribution in [1.82, 2.24) is 14.5 Å². The van der Waals surface area contributed by atoms with Gasteiger partial charge in [0, 0.05) is 72.5 Å². The molecule has 212 valence electrons. The first-order chi connectivity index (χ1) is 21.7. The fourth-order valence-electron chi connectivity index (χ4n) is 6.25.